The normalized spacial score (nSPS) is 22.1. The number of carboxylic acid groups (broad SMARTS) is 1. The molecule has 1 aliphatic rings. The number of aromatic nitrogens is 1. The van der Waals surface area contributed by atoms with Gasteiger partial charge in [-0.05, 0) is 26.7 Å². The zero-order chi connectivity index (χ0) is 15.6. The van der Waals surface area contributed by atoms with Gasteiger partial charge < -0.3 is 5.11 Å². The van der Waals surface area contributed by atoms with Crippen molar-refractivity contribution in [3.8, 4) is 0 Å². The average molecular weight is 333 g/mol. The van der Waals surface area contributed by atoms with Crippen LogP contribution in [0.1, 0.15) is 54.6 Å². The van der Waals surface area contributed by atoms with Crippen molar-refractivity contribution in [2.24, 2.45) is 0 Å². The van der Waals surface area contributed by atoms with Gasteiger partial charge >= 0.3 is 5.97 Å². The van der Waals surface area contributed by atoms with E-state index in [1.54, 1.807) is 6.92 Å². The lowest BCUT2D eigenvalue weighted by Crippen LogP contribution is -2.48. The number of hydrogen-bond donors (Lipinski definition) is 2. The summed E-state index contributed by atoms with van der Waals surface area (Å²) in [5.41, 5.74) is -0.0626. The Bertz CT molecular complexity index is 614. The minimum atomic E-state index is -3.59. The molecule has 2 N–H and O–H groups in total. The highest BCUT2D eigenvalue weighted by atomic mass is 32.2. The molecule has 0 aromatic carbocycles. The van der Waals surface area contributed by atoms with Crippen molar-refractivity contribution >= 4 is 27.5 Å². The molecule has 21 heavy (non-hydrogen) atoms. The third-order valence-electron chi connectivity index (χ3n) is 3.49. The Labute approximate surface area is 128 Å². The third kappa shape index (κ3) is 3.79. The van der Waals surface area contributed by atoms with E-state index in [1.807, 2.05) is 6.92 Å². The highest BCUT2D eigenvalue weighted by molar-refractivity contribution is 7.87. The first-order valence-electron chi connectivity index (χ1n) is 6.79. The van der Waals surface area contributed by atoms with Crippen molar-refractivity contribution in [2.45, 2.75) is 45.2 Å². The number of piperidine rings is 1. The molecule has 118 valence electrons. The van der Waals surface area contributed by atoms with Gasteiger partial charge in [0.15, 0.2) is 5.69 Å². The third-order valence-corrected chi connectivity index (χ3v) is 6.33. The maximum Gasteiger partial charge on any atom is 0.355 e. The van der Waals surface area contributed by atoms with Gasteiger partial charge in [-0.15, -0.1) is 11.3 Å². The molecule has 0 radical (unpaired) electrons. The van der Waals surface area contributed by atoms with Crippen LogP contribution in [0.25, 0.3) is 0 Å². The quantitative estimate of drug-likeness (QED) is 0.853. The van der Waals surface area contributed by atoms with Gasteiger partial charge in [0.25, 0.3) is 10.2 Å². The Morgan fingerprint density at radius 3 is 2.86 bits per heavy atom. The summed E-state index contributed by atoms with van der Waals surface area (Å²) in [6.45, 7) is 4.08. The fraction of sp³-hybridized carbons (Fsp3) is 0.667. The van der Waals surface area contributed by atoms with Gasteiger partial charge in [0.05, 0.1) is 6.04 Å². The second kappa shape index (κ2) is 6.39. The van der Waals surface area contributed by atoms with Gasteiger partial charge in [-0.25, -0.2) is 9.78 Å². The van der Waals surface area contributed by atoms with Gasteiger partial charge in [-0.1, -0.05) is 6.42 Å². The fourth-order valence-corrected chi connectivity index (χ4v) is 4.87. The van der Waals surface area contributed by atoms with E-state index >= 15 is 0 Å². The zero-order valence-electron chi connectivity index (χ0n) is 11.9. The van der Waals surface area contributed by atoms with E-state index in [1.165, 1.54) is 9.69 Å². The summed E-state index contributed by atoms with van der Waals surface area (Å²) in [5.74, 6) is -1.11. The zero-order valence-corrected chi connectivity index (χ0v) is 13.6. The molecular weight excluding hydrogens is 314 g/mol. The number of hydrogen-bond acceptors (Lipinski definition) is 5. The summed E-state index contributed by atoms with van der Waals surface area (Å²) in [5, 5.41) is 10.7. The topological polar surface area (TPSA) is 99.6 Å². The number of nitrogens with zero attached hydrogens (tertiary/aromatic N) is 2. The predicted molar refractivity (Wildman–Crippen MR) is 79.6 cm³/mol. The number of rotatable bonds is 5. The molecule has 1 aromatic rings. The van der Waals surface area contributed by atoms with Crippen molar-refractivity contribution in [3.63, 3.8) is 0 Å². The SMILES string of the molecule is CC(NS(=O)(=O)N1CCCCC1C)c1nc(C(=O)O)cs1. The minimum absolute atomic E-state index is 0.0191. The van der Waals surface area contributed by atoms with E-state index < -0.39 is 22.2 Å². The van der Waals surface area contributed by atoms with Crippen LogP contribution in [0.5, 0.6) is 0 Å². The highest BCUT2D eigenvalue weighted by Crippen LogP contribution is 2.23. The van der Waals surface area contributed by atoms with Crippen molar-refractivity contribution in [3.05, 3.63) is 16.1 Å². The van der Waals surface area contributed by atoms with E-state index in [-0.39, 0.29) is 11.7 Å². The Hall–Kier alpha value is -1.03. The largest absolute Gasteiger partial charge is 0.476 e. The maximum atomic E-state index is 12.4. The smallest absolute Gasteiger partial charge is 0.355 e. The summed E-state index contributed by atoms with van der Waals surface area (Å²) in [7, 11) is -3.59. The Kier molecular flexibility index (Phi) is 4.97. The molecule has 2 rings (SSSR count). The lowest BCUT2D eigenvalue weighted by molar-refractivity contribution is 0.0691. The number of nitrogens with one attached hydrogen (secondary N) is 1. The first kappa shape index (κ1) is 16.3. The molecule has 1 aromatic heterocycles. The average Bonchev–Trinajstić information content (AvgIpc) is 2.88. The molecule has 7 nitrogen and oxygen atoms in total. The first-order valence-corrected chi connectivity index (χ1v) is 9.11. The number of carboxylic acids is 1. The molecule has 0 saturated carbocycles. The lowest BCUT2D eigenvalue weighted by atomic mass is 10.1. The van der Waals surface area contributed by atoms with Crippen LogP contribution in [0.3, 0.4) is 0 Å². The van der Waals surface area contributed by atoms with E-state index in [4.69, 9.17) is 5.11 Å². The number of carbonyl (C=O) groups is 1. The Morgan fingerprint density at radius 1 is 1.57 bits per heavy atom. The molecule has 1 saturated heterocycles. The summed E-state index contributed by atoms with van der Waals surface area (Å²) in [4.78, 5) is 14.7. The van der Waals surface area contributed by atoms with Gasteiger partial charge in [-0.3, -0.25) is 0 Å². The van der Waals surface area contributed by atoms with Crippen LogP contribution >= 0.6 is 11.3 Å². The molecular formula is C12H19N3O4S2. The van der Waals surface area contributed by atoms with Crippen LogP contribution in [-0.4, -0.2) is 41.4 Å². The van der Waals surface area contributed by atoms with Crippen LogP contribution in [0, 0.1) is 0 Å². The molecule has 2 unspecified atom stereocenters. The van der Waals surface area contributed by atoms with Gasteiger partial charge in [0.1, 0.15) is 5.01 Å². The van der Waals surface area contributed by atoms with Crippen LogP contribution in [-0.2, 0) is 10.2 Å². The van der Waals surface area contributed by atoms with Gasteiger partial charge in [-0.2, -0.15) is 17.4 Å². The number of aromatic carboxylic acids is 1. The maximum absolute atomic E-state index is 12.4. The fourth-order valence-electron chi connectivity index (χ4n) is 2.36. The van der Waals surface area contributed by atoms with E-state index in [0.717, 1.165) is 30.6 Å². The minimum Gasteiger partial charge on any atom is -0.476 e. The van der Waals surface area contributed by atoms with Gasteiger partial charge in [0, 0.05) is 18.0 Å². The van der Waals surface area contributed by atoms with Crippen LogP contribution < -0.4 is 4.72 Å². The molecule has 9 heteroatoms. The van der Waals surface area contributed by atoms with Crippen LogP contribution in [0.4, 0.5) is 0 Å². The number of thiazole rings is 1. The summed E-state index contributed by atoms with van der Waals surface area (Å²) in [6, 6.07) is -0.573. The first-order chi connectivity index (χ1) is 9.81. The molecule has 1 fully saturated rings. The standard InChI is InChI=1S/C12H19N3O4S2/c1-8-5-3-4-6-15(8)21(18,19)14-9(2)11-13-10(7-20-11)12(16)17/h7-9,14H,3-6H2,1-2H3,(H,16,17). The lowest BCUT2D eigenvalue weighted by Gasteiger charge is -2.32. The van der Waals surface area contributed by atoms with E-state index in [9.17, 15) is 13.2 Å². The molecule has 2 atom stereocenters. The Morgan fingerprint density at radius 2 is 2.29 bits per heavy atom. The predicted octanol–water partition coefficient (Wildman–Crippen LogP) is 1.61. The van der Waals surface area contributed by atoms with Gasteiger partial charge in [0.2, 0.25) is 0 Å². The molecule has 0 bridgehead atoms. The van der Waals surface area contributed by atoms with Crippen molar-refractivity contribution < 1.29 is 18.3 Å². The second-order valence-electron chi connectivity index (χ2n) is 5.18. The van der Waals surface area contributed by atoms with Crippen molar-refractivity contribution in [1.82, 2.24) is 14.0 Å². The van der Waals surface area contributed by atoms with Crippen LogP contribution in [0.2, 0.25) is 0 Å². The van der Waals surface area contributed by atoms with Crippen molar-refractivity contribution in [1.29, 1.82) is 0 Å². The molecule has 0 aliphatic carbocycles. The monoisotopic (exact) mass is 333 g/mol. The second-order valence-corrected chi connectivity index (χ2v) is 7.72. The summed E-state index contributed by atoms with van der Waals surface area (Å²) < 4.78 is 28.8. The highest BCUT2D eigenvalue weighted by Gasteiger charge is 2.31. The van der Waals surface area contributed by atoms with Crippen LogP contribution in [0.15, 0.2) is 5.38 Å². The van der Waals surface area contributed by atoms with Crippen molar-refractivity contribution in [2.75, 3.05) is 6.54 Å². The molecule has 0 spiro atoms. The van der Waals surface area contributed by atoms with E-state index in [2.05, 4.69) is 9.71 Å². The summed E-state index contributed by atoms with van der Waals surface area (Å²) in [6.07, 6.45) is 2.76. The molecule has 0 amide bonds. The molecule has 1 aliphatic heterocycles. The molecule has 2 heterocycles. The van der Waals surface area contributed by atoms with E-state index in [0.29, 0.717) is 11.6 Å². The summed E-state index contributed by atoms with van der Waals surface area (Å²) >= 11 is 1.14. The Balaban J connectivity index is 2.09.